The van der Waals surface area contributed by atoms with Gasteiger partial charge in [0, 0.05) is 33.5 Å². The Bertz CT molecular complexity index is 3060. The SMILES string of the molecule is N=C(/C(=C1\NC(c2ccccc2)=Cc2ccc(-c3ccc(-c4cc(-c5ccccc5)nc(-c5cccc(-c6ccccc6)c5)c4)cc3)cc21)c1ccccc1)c1ccccc1. The van der Waals surface area contributed by atoms with Crippen molar-refractivity contribution in [3.8, 4) is 55.9 Å². The molecule has 0 fully saturated rings. The highest BCUT2D eigenvalue weighted by Gasteiger charge is 2.24. The summed E-state index contributed by atoms with van der Waals surface area (Å²) in [6.45, 7) is 0. The van der Waals surface area contributed by atoms with Crippen molar-refractivity contribution in [2.75, 3.05) is 0 Å². The van der Waals surface area contributed by atoms with E-state index in [1.54, 1.807) is 0 Å². The van der Waals surface area contributed by atoms with Gasteiger partial charge in [0.1, 0.15) is 0 Å². The molecule has 1 aliphatic heterocycles. The first-order chi connectivity index (χ1) is 30.1. The maximum Gasteiger partial charge on any atom is 0.0715 e. The largest absolute Gasteiger partial charge is 0.354 e. The highest BCUT2D eigenvalue weighted by atomic mass is 14.9. The van der Waals surface area contributed by atoms with Crippen molar-refractivity contribution in [3.63, 3.8) is 0 Å². The van der Waals surface area contributed by atoms with Gasteiger partial charge in [0.2, 0.25) is 0 Å². The van der Waals surface area contributed by atoms with Crippen LogP contribution in [-0.4, -0.2) is 10.7 Å². The summed E-state index contributed by atoms with van der Waals surface area (Å²) >= 11 is 0. The number of fused-ring (bicyclic) bond motifs is 1. The standard InChI is InChI=1S/C58H41N3/c59-57(46-25-14-5-15-26-46)56(45-23-12-4-13-24-45)58-52-36-48(33-34-49(52)37-54(61-58)44-21-10-3-11-22-44)41-29-31-42(32-30-41)51-38-53(43-19-8-2-9-20-43)60-55(39-51)50-28-16-27-47(35-50)40-17-6-1-7-18-40/h1-39,59,61H/b58-56-,59-57?. The van der Waals surface area contributed by atoms with Gasteiger partial charge < -0.3 is 5.32 Å². The third kappa shape index (κ3) is 7.76. The zero-order valence-corrected chi connectivity index (χ0v) is 33.5. The molecule has 10 rings (SSSR count). The first-order valence-electron chi connectivity index (χ1n) is 20.6. The maximum absolute atomic E-state index is 9.66. The molecule has 0 saturated carbocycles. The molecule has 1 aromatic heterocycles. The van der Waals surface area contributed by atoms with Gasteiger partial charge in [0.15, 0.2) is 0 Å². The van der Waals surface area contributed by atoms with Gasteiger partial charge in [0.05, 0.1) is 22.8 Å². The molecular weight excluding hydrogens is 739 g/mol. The van der Waals surface area contributed by atoms with Crippen LogP contribution in [0.25, 0.3) is 78.9 Å². The van der Waals surface area contributed by atoms with E-state index in [1.807, 2.05) is 66.7 Å². The third-order valence-electron chi connectivity index (χ3n) is 11.3. The molecule has 0 spiro atoms. The minimum atomic E-state index is 0.461. The zero-order chi connectivity index (χ0) is 41.0. The fourth-order valence-corrected chi connectivity index (χ4v) is 8.16. The van der Waals surface area contributed by atoms with Crippen molar-refractivity contribution in [1.29, 1.82) is 5.41 Å². The summed E-state index contributed by atoms with van der Waals surface area (Å²) in [6, 6.07) is 80.2. The lowest BCUT2D eigenvalue weighted by atomic mass is 9.86. The van der Waals surface area contributed by atoms with E-state index in [0.717, 1.165) is 95.1 Å². The van der Waals surface area contributed by atoms with E-state index < -0.39 is 0 Å². The normalized spacial score (nSPS) is 12.8. The number of pyridine rings is 1. The van der Waals surface area contributed by atoms with Gasteiger partial charge in [-0.2, -0.15) is 0 Å². The minimum Gasteiger partial charge on any atom is -0.354 e. The summed E-state index contributed by atoms with van der Waals surface area (Å²) in [5.41, 5.74) is 19.0. The molecule has 288 valence electrons. The number of allylic oxidation sites excluding steroid dienone is 1. The second-order valence-corrected chi connectivity index (χ2v) is 15.2. The Balaban J connectivity index is 1.07. The van der Waals surface area contributed by atoms with Crippen LogP contribution in [0.5, 0.6) is 0 Å². The number of rotatable bonds is 9. The number of nitrogens with one attached hydrogen (secondary N) is 2. The number of hydrogen-bond donors (Lipinski definition) is 2. The van der Waals surface area contributed by atoms with Crippen LogP contribution in [0.4, 0.5) is 0 Å². The van der Waals surface area contributed by atoms with Gasteiger partial charge >= 0.3 is 0 Å². The molecule has 9 aromatic rings. The lowest BCUT2D eigenvalue weighted by molar-refractivity contribution is 1.22. The van der Waals surface area contributed by atoms with E-state index in [-0.39, 0.29) is 0 Å². The van der Waals surface area contributed by atoms with Crippen molar-refractivity contribution >= 4 is 28.8 Å². The van der Waals surface area contributed by atoms with Gasteiger partial charge in [0.25, 0.3) is 0 Å². The van der Waals surface area contributed by atoms with Crippen molar-refractivity contribution in [3.05, 3.63) is 258 Å². The molecule has 0 unspecified atom stereocenters. The van der Waals surface area contributed by atoms with Crippen LogP contribution in [0.15, 0.2) is 231 Å². The Kier molecular flexibility index (Phi) is 10.1. The Morgan fingerprint density at radius 3 is 1.46 bits per heavy atom. The molecule has 1 aliphatic rings. The van der Waals surface area contributed by atoms with Crippen molar-refractivity contribution in [2.24, 2.45) is 0 Å². The van der Waals surface area contributed by atoms with Crippen LogP contribution in [0.2, 0.25) is 0 Å². The molecule has 0 radical (unpaired) electrons. The van der Waals surface area contributed by atoms with Crippen molar-refractivity contribution in [2.45, 2.75) is 0 Å². The fraction of sp³-hybridized carbons (Fsp3) is 0. The van der Waals surface area contributed by atoms with Crippen LogP contribution >= 0.6 is 0 Å². The summed E-state index contributed by atoms with van der Waals surface area (Å²) in [6.07, 6.45) is 2.22. The zero-order valence-electron chi connectivity index (χ0n) is 33.5. The predicted molar refractivity (Wildman–Crippen MR) is 255 cm³/mol. The molecule has 3 nitrogen and oxygen atoms in total. The molecule has 61 heavy (non-hydrogen) atoms. The van der Waals surface area contributed by atoms with Crippen LogP contribution in [0.1, 0.15) is 27.8 Å². The van der Waals surface area contributed by atoms with Gasteiger partial charge in [-0.1, -0.05) is 206 Å². The van der Waals surface area contributed by atoms with Gasteiger partial charge in [-0.05, 0) is 80.4 Å². The first-order valence-corrected chi connectivity index (χ1v) is 20.6. The summed E-state index contributed by atoms with van der Waals surface area (Å²) in [5, 5.41) is 13.5. The Morgan fingerprint density at radius 2 is 0.820 bits per heavy atom. The quantitative estimate of drug-likeness (QED) is 0.143. The molecule has 0 aliphatic carbocycles. The number of benzene rings is 8. The topological polar surface area (TPSA) is 48.8 Å². The van der Waals surface area contributed by atoms with E-state index in [2.05, 4.69) is 175 Å². The summed E-state index contributed by atoms with van der Waals surface area (Å²) in [4.78, 5) is 5.21. The van der Waals surface area contributed by atoms with Gasteiger partial charge in [-0.15, -0.1) is 0 Å². The van der Waals surface area contributed by atoms with E-state index in [0.29, 0.717) is 5.71 Å². The number of hydrogen-bond acceptors (Lipinski definition) is 3. The van der Waals surface area contributed by atoms with Crippen molar-refractivity contribution in [1.82, 2.24) is 10.3 Å². The Hall–Kier alpha value is -8.14. The lowest BCUT2D eigenvalue weighted by Gasteiger charge is -2.27. The fourth-order valence-electron chi connectivity index (χ4n) is 8.16. The molecule has 2 N–H and O–H groups in total. The molecule has 8 aromatic carbocycles. The van der Waals surface area contributed by atoms with Crippen LogP contribution in [0, 0.1) is 5.41 Å². The van der Waals surface area contributed by atoms with E-state index in [4.69, 9.17) is 4.98 Å². The smallest absolute Gasteiger partial charge is 0.0715 e. The second-order valence-electron chi connectivity index (χ2n) is 15.2. The van der Waals surface area contributed by atoms with E-state index >= 15 is 0 Å². The Morgan fingerprint density at radius 1 is 0.361 bits per heavy atom. The maximum atomic E-state index is 9.66. The molecule has 3 heteroatoms. The Labute approximate surface area is 357 Å². The third-order valence-corrected chi connectivity index (χ3v) is 11.3. The molecule has 0 saturated heterocycles. The van der Waals surface area contributed by atoms with Crippen molar-refractivity contribution < 1.29 is 0 Å². The minimum absolute atomic E-state index is 0.461. The lowest BCUT2D eigenvalue weighted by Crippen LogP contribution is -2.20. The van der Waals surface area contributed by atoms with Crippen LogP contribution < -0.4 is 5.32 Å². The highest BCUT2D eigenvalue weighted by Crippen LogP contribution is 2.39. The number of aromatic nitrogens is 1. The average molecular weight is 780 g/mol. The second kappa shape index (κ2) is 16.6. The van der Waals surface area contributed by atoms with Crippen LogP contribution in [-0.2, 0) is 0 Å². The van der Waals surface area contributed by atoms with Crippen LogP contribution in [0.3, 0.4) is 0 Å². The summed E-state index contributed by atoms with van der Waals surface area (Å²) < 4.78 is 0. The molecular formula is C58H41N3. The van der Waals surface area contributed by atoms with E-state index in [9.17, 15) is 5.41 Å². The molecule has 0 atom stereocenters. The monoisotopic (exact) mass is 779 g/mol. The predicted octanol–water partition coefficient (Wildman–Crippen LogP) is 14.5. The summed E-state index contributed by atoms with van der Waals surface area (Å²) in [5.74, 6) is 0. The molecule has 0 amide bonds. The average Bonchev–Trinajstić information content (AvgIpc) is 3.35. The highest BCUT2D eigenvalue weighted by molar-refractivity contribution is 6.36. The summed E-state index contributed by atoms with van der Waals surface area (Å²) in [7, 11) is 0. The molecule has 0 bridgehead atoms. The number of nitrogens with zero attached hydrogens (tertiary/aromatic N) is 1. The van der Waals surface area contributed by atoms with E-state index in [1.165, 1.54) is 5.56 Å². The van der Waals surface area contributed by atoms with Gasteiger partial charge in [-0.25, -0.2) is 4.98 Å². The van der Waals surface area contributed by atoms with Gasteiger partial charge in [-0.3, -0.25) is 5.41 Å². The molecule has 2 heterocycles. The first kappa shape index (κ1) is 37.2.